The maximum atomic E-state index is 13.9. The number of urea groups is 1. The average Bonchev–Trinajstić information content (AvgIpc) is 2.50. The lowest BCUT2D eigenvalue weighted by Gasteiger charge is -2.34. The molecule has 1 aliphatic heterocycles. The van der Waals surface area contributed by atoms with E-state index in [-0.39, 0.29) is 12.1 Å². The molecule has 3 amide bonds. The van der Waals surface area contributed by atoms with E-state index >= 15 is 0 Å². The Bertz CT molecular complexity index is 688. The molecular weight excluding hydrogens is 271 g/mol. The van der Waals surface area contributed by atoms with Crippen molar-refractivity contribution in [3.63, 3.8) is 0 Å². The summed E-state index contributed by atoms with van der Waals surface area (Å²) in [5, 5.41) is 0. The second kappa shape index (κ2) is 5.36. The molecule has 2 aromatic carbocycles. The number of carbonyl (C=O) groups is 2. The molecule has 106 valence electrons. The molecule has 5 heteroatoms. The number of rotatable bonds is 2. The first-order valence-electron chi connectivity index (χ1n) is 6.62. The Morgan fingerprint density at radius 1 is 0.905 bits per heavy atom. The molecule has 1 saturated heterocycles. The molecule has 1 aliphatic rings. The lowest BCUT2D eigenvalue weighted by atomic mass is 10.2. The lowest BCUT2D eigenvalue weighted by Crippen LogP contribution is -2.53. The fraction of sp³-hybridized carbons (Fsp3) is 0.125. The van der Waals surface area contributed by atoms with E-state index in [2.05, 4.69) is 0 Å². The number of nitrogens with zero attached hydrogens (tertiary/aromatic N) is 2. The second-order valence-electron chi connectivity index (χ2n) is 4.70. The minimum atomic E-state index is -0.589. The van der Waals surface area contributed by atoms with Crippen molar-refractivity contribution >= 4 is 23.3 Å². The van der Waals surface area contributed by atoms with Gasteiger partial charge in [-0.3, -0.25) is 9.69 Å². The fourth-order valence-corrected chi connectivity index (χ4v) is 2.36. The summed E-state index contributed by atoms with van der Waals surface area (Å²) in [5.74, 6) is -0.980. The van der Waals surface area contributed by atoms with Gasteiger partial charge in [-0.15, -0.1) is 0 Å². The van der Waals surface area contributed by atoms with E-state index in [1.165, 1.54) is 23.1 Å². The predicted molar refractivity (Wildman–Crippen MR) is 77.7 cm³/mol. The first-order valence-corrected chi connectivity index (χ1v) is 6.62. The van der Waals surface area contributed by atoms with Crippen LogP contribution in [0.15, 0.2) is 54.6 Å². The van der Waals surface area contributed by atoms with Crippen LogP contribution in [0.5, 0.6) is 0 Å². The number of hydrogen-bond donors (Lipinski definition) is 0. The van der Waals surface area contributed by atoms with Gasteiger partial charge in [0.25, 0.3) is 0 Å². The zero-order chi connectivity index (χ0) is 14.8. The zero-order valence-electron chi connectivity index (χ0n) is 11.2. The Kier molecular flexibility index (Phi) is 3.39. The topological polar surface area (TPSA) is 40.6 Å². The van der Waals surface area contributed by atoms with Crippen LogP contribution in [0.3, 0.4) is 0 Å². The molecule has 0 aromatic heterocycles. The molecule has 0 N–H and O–H groups in total. The van der Waals surface area contributed by atoms with E-state index in [1.807, 2.05) is 18.2 Å². The third-order valence-electron chi connectivity index (χ3n) is 3.38. The lowest BCUT2D eigenvalue weighted by molar-refractivity contribution is -0.118. The Morgan fingerprint density at radius 3 is 2.29 bits per heavy atom. The Balaban J connectivity index is 1.99. The smallest absolute Gasteiger partial charge is 0.293 e. The number of carbonyl (C=O) groups excluding carboxylic acids is 2. The van der Waals surface area contributed by atoms with Gasteiger partial charge >= 0.3 is 6.03 Å². The summed E-state index contributed by atoms with van der Waals surface area (Å²) in [7, 11) is 0. The highest BCUT2D eigenvalue weighted by Crippen LogP contribution is 2.26. The molecule has 4 nitrogen and oxygen atoms in total. The number of halogens is 1. The van der Waals surface area contributed by atoms with Crippen molar-refractivity contribution in [3.05, 3.63) is 60.4 Å². The van der Waals surface area contributed by atoms with Crippen molar-refractivity contribution in [2.24, 2.45) is 0 Å². The van der Waals surface area contributed by atoms with Crippen LogP contribution in [-0.4, -0.2) is 18.5 Å². The third-order valence-corrected chi connectivity index (χ3v) is 3.38. The molecule has 0 aliphatic carbocycles. The number of hydrogen-bond acceptors (Lipinski definition) is 2. The average molecular weight is 284 g/mol. The van der Waals surface area contributed by atoms with Gasteiger partial charge in [0.1, 0.15) is 5.82 Å². The van der Waals surface area contributed by atoms with E-state index in [9.17, 15) is 14.0 Å². The van der Waals surface area contributed by atoms with Crippen LogP contribution in [0.1, 0.15) is 6.42 Å². The highest BCUT2D eigenvalue weighted by molar-refractivity contribution is 6.21. The first-order chi connectivity index (χ1) is 10.2. The highest BCUT2D eigenvalue weighted by atomic mass is 19.1. The van der Waals surface area contributed by atoms with Crippen LogP contribution in [0.4, 0.5) is 20.6 Å². The first kappa shape index (κ1) is 13.3. The Morgan fingerprint density at radius 2 is 1.57 bits per heavy atom. The van der Waals surface area contributed by atoms with E-state index in [4.69, 9.17) is 0 Å². The molecule has 0 unspecified atom stereocenters. The second-order valence-corrected chi connectivity index (χ2v) is 4.70. The van der Waals surface area contributed by atoms with E-state index in [1.54, 1.807) is 18.2 Å². The number of amides is 3. The molecule has 0 saturated carbocycles. The summed E-state index contributed by atoms with van der Waals surface area (Å²) >= 11 is 0. The minimum Gasteiger partial charge on any atom is -0.293 e. The fourth-order valence-electron chi connectivity index (χ4n) is 2.36. The van der Waals surface area contributed by atoms with Gasteiger partial charge in [-0.05, 0) is 24.3 Å². The minimum absolute atomic E-state index is 0.00636. The van der Waals surface area contributed by atoms with Gasteiger partial charge in [-0.25, -0.2) is 14.1 Å². The van der Waals surface area contributed by atoms with Gasteiger partial charge in [0.15, 0.2) is 0 Å². The van der Waals surface area contributed by atoms with Crippen molar-refractivity contribution in [2.45, 2.75) is 6.42 Å². The molecular formula is C16H13FN2O2. The Labute approximate surface area is 121 Å². The number of para-hydroxylation sites is 2. The summed E-state index contributed by atoms with van der Waals surface area (Å²) in [4.78, 5) is 27.0. The van der Waals surface area contributed by atoms with Crippen molar-refractivity contribution in [2.75, 3.05) is 16.3 Å². The van der Waals surface area contributed by atoms with Crippen molar-refractivity contribution in [1.82, 2.24) is 0 Å². The third kappa shape index (κ3) is 2.38. The summed E-state index contributed by atoms with van der Waals surface area (Å²) in [6.07, 6.45) is 0.162. The maximum absolute atomic E-state index is 13.9. The standard InChI is InChI=1S/C16H13FN2O2/c17-13-8-4-5-9-14(13)19-15(20)10-11-18(16(19)21)12-6-2-1-3-7-12/h1-9H,10-11H2. The van der Waals surface area contributed by atoms with Crippen LogP contribution >= 0.6 is 0 Å². The van der Waals surface area contributed by atoms with Gasteiger partial charge in [0.05, 0.1) is 5.69 Å². The van der Waals surface area contributed by atoms with E-state index in [0.717, 1.165) is 4.90 Å². The highest BCUT2D eigenvalue weighted by Gasteiger charge is 2.35. The molecule has 1 fully saturated rings. The summed E-state index contributed by atoms with van der Waals surface area (Å²) in [6, 6.07) is 14.3. The number of benzene rings is 2. The SMILES string of the molecule is O=C1CCN(c2ccccc2)C(=O)N1c1ccccc1F. The molecule has 21 heavy (non-hydrogen) atoms. The quantitative estimate of drug-likeness (QED) is 0.849. The molecule has 3 rings (SSSR count). The van der Waals surface area contributed by atoms with Crippen LogP contribution in [0.2, 0.25) is 0 Å². The molecule has 0 atom stereocenters. The largest absolute Gasteiger partial charge is 0.335 e. The monoisotopic (exact) mass is 284 g/mol. The predicted octanol–water partition coefficient (Wildman–Crippen LogP) is 3.19. The molecule has 1 heterocycles. The number of imide groups is 1. The van der Waals surface area contributed by atoms with Crippen LogP contribution in [0.25, 0.3) is 0 Å². The molecule has 0 spiro atoms. The van der Waals surface area contributed by atoms with E-state index < -0.39 is 17.8 Å². The van der Waals surface area contributed by atoms with Gasteiger partial charge < -0.3 is 0 Å². The summed E-state index contributed by atoms with van der Waals surface area (Å²) in [5.41, 5.74) is 0.685. The van der Waals surface area contributed by atoms with E-state index in [0.29, 0.717) is 12.2 Å². The number of anilines is 2. The van der Waals surface area contributed by atoms with Crippen LogP contribution in [-0.2, 0) is 4.79 Å². The molecule has 0 radical (unpaired) electrons. The van der Waals surface area contributed by atoms with Crippen molar-refractivity contribution in [3.8, 4) is 0 Å². The maximum Gasteiger partial charge on any atom is 0.335 e. The van der Waals surface area contributed by atoms with Gasteiger partial charge in [-0.1, -0.05) is 30.3 Å². The summed E-state index contributed by atoms with van der Waals surface area (Å²) < 4.78 is 13.9. The van der Waals surface area contributed by atoms with Gasteiger partial charge in [0, 0.05) is 18.7 Å². The van der Waals surface area contributed by atoms with Gasteiger partial charge in [0.2, 0.25) is 5.91 Å². The van der Waals surface area contributed by atoms with Crippen molar-refractivity contribution < 1.29 is 14.0 Å². The summed E-state index contributed by atoms with van der Waals surface area (Å²) in [6.45, 7) is 0.298. The van der Waals surface area contributed by atoms with Crippen LogP contribution in [0, 0.1) is 5.82 Å². The van der Waals surface area contributed by atoms with Gasteiger partial charge in [-0.2, -0.15) is 0 Å². The molecule has 2 aromatic rings. The van der Waals surface area contributed by atoms with Crippen molar-refractivity contribution in [1.29, 1.82) is 0 Å². The zero-order valence-corrected chi connectivity index (χ0v) is 11.2. The Hall–Kier alpha value is -2.69. The normalized spacial score (nSPS) is 15.5. The molecule has 0 bridgehead atoms. The van der Waals surface area contributed by atoms with Crippen LogP contribution < -0.4 is 9.80 Å².